The van der Waals surface area contributed by atoms with Crippen LogP contribution in [0.5, 0.6) is 0 Å². The van der Waals surface area contributed by atoms with Crippen molar-refractivity contribution in [3.63, 3.8) is 0 Å². The second-order valence-electron chi connectivity index (χ2n) is 5.82. The predicted molar refractivity (Wildman–Crippen MR) is 79.0 cm³/mol. The van der Waals surface area contributed by atoms with Gasteiger partial charge in [0.25, 0.3) is 0 Å². The highest BCUT2D eigenvalue weighted by Crippen LogP contribution is 2.36. The minimum Gasteiger partial charge on any atom is -0.374 e. The quantitative estimate of drug-likeness (QED) is 0.840. The van der Waals surface area contributed by atoms with Crippen molar-refractivity contribution in [2.75, 3.05) is 24.6 Å². The van der Waals surface area contributed by atoms with Crippen LogP contribution >= 0.6 is 0 Å². The SMILES string of the molecule is Cc1nc(N2CCOC(C3CC3)C2)nc2ccccc12. The van der Waals surface area contributed by atoms with Crippen LogP contribution in [0.4, 0.5) is 5.95 Å². The van der Waals surface area contributed by atoms with Crippen LogP contribution in [0.1, 0.15) is 18.5 Å². The molecule has 2 heterocycles. The molecular formula is C16H19N3O. The third-order valence-electron chi connectivity index (χ3n) is 4.31. The van der Waals surface area contributed by atoms with E-state index in [4.69, 9.17) is 14.7 Å². The highest BCUT2D eigenvalue weighted by Gasteiger charge is 2.35. The van der Waals surface area contributed by atoms with Gasteiger partial charge in [0, 0.05) is 18.5 Å². The van der Waals surface area contributed by atoms with E-state index < -0.39 is 0 Å². The Hall–Kier alpha value is -1.68. The molecule has 0 bridgehead atoms. The molecule has 2 aliphatic rings. The molecule has 0 N–H and O–H groups in total. The summed E-state index contributed by atoms with van der Waals surface area (Å²) in [6, 6.07) is 8.22. The molecule has 1 aromatic carbocycles. The highest BCUT2D eigenvalue weighted by molar-refractivity contribution is 5.81. The first kappa shape index (κ1) is 12.1. The lowest BCUT2D eigenvalue weighted by Gasteiger charge is -2.33. The van der Waals surface area contributed by atoms with Crippen LogP contribution in [0.2, 0.25) is 0 Å². The predicted octanol–water partition coefficient (Wildman–Crippen LogP) is 2.55. The number of ether oxygens (including phenoxy) is 1. The molecule has 1 unspecified atom stereocenters. The molecular weight excluding hydrogens is 250 g/mol. The number of aryl methyl sites for hydroxylation is 1. The van der Waals surface area contributed by atoms with Gasteiger partial charge in [0.1, 0.15) is 0 Å². The Morgan fingerprint density at radius 1 is 1.20 bits per heavy atom. The molecule has 4 heteroatoms. The Bertz CT molecular complexity index is 639. The topological polar surface area (TPSA) is 38.2 Å². The van der Waals surface area contributed by atoms with E-state index in [-0.39, 0.29) is 0 Å². The van der Waals surface area contributed by atoms with Crippen LogP contribution in [0.25, 0.3) is 10.9 Å². The zero-order valence-electron chi connectivity index (χ0n) is 11.7. The van der Waals surface area contributed by atoms with Crippen molar-refractivity contribution in [3.05, 3.63) is 30.0 Å². The molecule has 1 atom stereocenters. The zero-order valence-corrected chi connectivity index (χ0v) is 11.7. The lowest BCUT2D eigenvalue weighted by molar-refractivity contribution is 0.0258. The van der Waals surface area contributed by atoms with Crippen molar-refractivity contribution in [3.8, 4) is 0 Å². The first-order valence-electron chi connectivity index (χ1n) is 7.41. The molecule has 20 heavy (non-hydrogen) atoms. The van der Waals surface area contributed by atoms with Crippen LogP contribution in [0.3, 0.4) is 0 Å². The summed E-state index contributed by atoms with van der Waals surface area (Å²) in [7, 11) is 0. The van der Waals surface area contributed by atoms with Crippen molar-refractivity contribution in [2.45, 2.75) is 25.9 Å². The molecule has 1 saturated carbocycles. The molecule has 2 fully saturated rings. The molecule has 1 aliphatic carbocycles. The summed E-state index contributed by atoms with van der Waals surface area (Å²) in [5.74, 6) is 1.62. The van der Waals surface area contributed by atoms with Crippen molar-refractivity contribution in [1.29, 1.82) is 0 Å². The van der Waals surface area contributed by atoms with E-state index in [1.807, 2.05) is 12.1 Å². The lowest BCUT2D eigenvalue weighted by Crippen LogP contribution is -2.44. The maximum atomic E-state index is 5.87. The van der Waals surface area contributed by atoms with Gasteiger partial charge in [-0.25, -0.2) is 9.97 Å². The van der Waals surface area contributed by atoms with Gasteiger partial charge in [0.05, 0.1) is 23.9 Å². The summed E-state index contributed by atoms with van der Waals surface area (Å²) in [6.45, 7) is 4.67. The number of morpholine rings is 1. The van der Waals surface area contributed by atoms with Crippen molar-refractivity contribution in [2.24, 2.45) is 5.92 Å². The van der Waals surface area contributed by atoms with Crippen molar-refractivity contribution >= 4 is 16.9 Å². The van der Waals surface area contributed by atoms with E-state index >= 15 is 0 Å². The van der Waals surface area contributed by atoms with Gasteiger partial charge in [-0.2, -0.15) is 0 Å². The smallest absolute Gasteiger partial charge is 0.226 e. The third-order valence-corrected chi connectivity index (χ3v) is 4.31. The van der Waals surface area contributed by atoms with E-state index in [2.05, 4.69) is 24.0 Å². The number of nitrogens with zero attached hydrogens (tertiary/aromatic N) is 3. The van der Waals surface area contributed by atoms with Crippen LogP contribution in [-0.4, -0.2) is 35.8 Å². The van der Waals surface area contributed by atoms with Gasteiger partial charge < -0.3 is 9.64 Å². The molecule has 0 spiro atoms. The average Bonchev–Trinajstić information content (AvgIpc) is 3.32. The molecule has 4 nitrogen and oxygen atoms in total. The van der Waals surface area contributed by atoms with E-state index in [1.165, 1.54) is 12.8 Å². The van der Waals surface area contributed by atoms with E-state index in [1.54, 1.807) is 0 Å². The molecule has 0 radical (unpaired) electrons. The number of aromatic nitrogens is 2. The monoisotopic (exact) mass is 269 g/mol. The van der Waals surface area contributed by atoms with Crippen molar-refractivity contribution in [1.82, 2.24) is 9.97 Å². The number of para-hydroxylation sites is 1. The number of benzene rings is 1. The molecule has 0 amide bonds. The summed E-state index contributed by atoms with van der Waals surface area (Å²) in [5, 5.41) is 1.14. The second-order valence-corrected chi connectivity index (χ2v) is 5.82. The third kappa shape index (κ3) is 2.14. The summed E-state index contributed by atoms with van der Waals surface area (Å²) < 4.78 is 5.87. The number of hydrogen-bond acceptors (Lipinski definition) is 4. The van der Waals surface area contributed by atoms with Crippen LogP contribution in [0, 0.1) is 12.8 Å². The second kappa shape index (κ2) is 4.70. The lowest BCUT2D eigenvalue weighted by atomic mass is 10.2. The van der Waals surface area contributed by atoms with Crippen LogP contribution in [-0.2, 0) is 4.74 Å². The normalized spacial score (nSPS) is 23.2. The maximum Gasteiger partial charge on any atom is 0.226 e. The van der Waals surface area contributed by atoms with Gasteiger partial charge in [-0.3, -0.25) is 0 Å². The Labute approximate surface area is 118 Å². The first-order chi connectivity index (χ1) is 9.81. The van der Waals surface area contributed by atoms with Crippen molar-refractivity contribution < 1.29 is 4.74 Å². The molecule has 1 saturated heterocycles. The summed E-state index contributed by atoms with van der Waals surface area (Å²) in [5.41, 5.74) is 2.09. The number of rotatable bonds is 2. The molecule has 1 aromatic heterocycles. The fraction of sp³-hybridized carbons (Fsp3) is 0.500. The van der Waals surface area contributed by atoms with E-state index in [0.29, 0.717) is 6.10 Å². The summed E-state index contributed by atoms with van der Waals surface area (Å²) >= 11 is 0. The van der Waals surface area contributed by atoms with E-state index in [0.717, 1.165) is 48.2 Å². The van der Waals surface area contributed by atoms with Gasteiger partial charge in [-0.1, -0.05) is 18.2 Å². The van der Waals surface area contributed by atoms with Gasteiger partial charge in [-0.15, -0.1) is 0 Å². The Morgan fingerprint density at radius 3 is 2.90 bits per heavy atom. The number of anilines is 1. The van der Waals surface area contributed by atoms with Gasteiger partial charge in [0.15, 0.2) is 0 Å². The zero-order chi connectivity index (χ0) is 13.5. The fourth-order valence-corrected chi connectivity index (χ4v) is 2.97. The van der Waals surface area contributed by atoms with Gasteiger partial charge in [0.2, 0.25) is 5.95 Å². The average molecular weight is 269 g/mol. The molecule has 1 aliphatic heterocycles. The number of hydrogen-bond donors (Lipinski definition) is 0. The standard InChI is InChI=1S/C16H19N3O/c1-11-13-4-2-3-5-14(13)18-16(17-11)19-8-9-20-15(10-19)12-6-7-12/h2-5,12,15H,6-10H2,1H3. The number of fused-ring (bicyclic) bond motifs is 1. The fourth-order valence-electron chi connectivity index (χ4n) is 2.97. The molecule has 2 aromatic rings. The maximum absolute atomic E-state index is 5.87. The van der Waals surface area contributed by atoms with Crippen LogP contribution in [0.15, 0.2) is 24.3 Å². The summed E-state index contributed by atoms with van der Waals surface area (Å²) in [4.78, 5) is 11.7. The Kier molecular flexibility index (Phi) is 2.84. The first-order valence-corrected chi connectivity index (χ1v) is 7.41. The van der Waals surface area contributed by atoms with Crippen LogP contribution < -0.4 is 4.90 Å². The Morgan fingerprint density at radius 2 is 2.05 bits per heavy atom. The minimum atomic E-state index is 0.374. The van der Waals surface area contributed by atoms with Gasteiger partial charge >= 0.3 is 0 Å². The Balaban J connectivity index is 1.67. The molecule has 104 valence electrons. The van der Waals surface area contributed by atoms with Gasteiger partial charge in [-0.05, 0) is 31.7 Å². The molecule has 4 rings (SSSR count). The summed E-state index contributed by atoms with van der Waals surface area (Å²) in [6.07, 6.45) is 3.01. The largest absolute Gasteiger partial charge is 0.374 e. The van der Waals surface area contributed by atoms with E-state index in [9.17, 15) is 0 Å². The minimum absolute atomic E-state index is 0.374. The highest BCUT2D eigenvalue weighted by atomic mass is 16.5.